The summed E-state index contributed by atoms with van der Waals surface area (Å²) in [4.78, 5) is 2.00. The molecule has 2 rings (SSSR count). The van der Waals surface area contributed by atoms with E-state index in [0.717, 1.165) is 11.3 Å². The van der Waals surface area contributed by atoms with Gasteiger partial charge in [0.15, 0.2) is 0 Å². The topological polar surface area (TPSA) is 27.0 Å². The van der Waals surface area contributed by atoms with Crippen LogP contribution in [0.25, 0.3) is 0 Å². The van der Waals surface area contributed by atoms with Gasteiger partial charge >= 0.3 is 0 Å². The maximum atomic E-state index is 13.8. The molecular formula is C16H15FN2. The number of benzene rings is 2. The molecule has 0 aromatic heterocycles. The second kappa shape index (κ2) is 5.53. The smallest absolute Gasteiger partial charge is 0.129 e. The van der Waals surface area contributed by atoms with Gasteiger partial charge < -0.3 is 4.90 Å². The largest absolute Gasteiger partial charge is 0.370 e. The van der Waals surface area contributed by atoms with Gasteiger partial charge in [-0.25, -0.2) is 4.39 Å². The van der Waals surface area contributed by atoms with E-state index in [9.17, 15) is 4.39 Å². The monoisotopic (exact) mass is 254 g/mol. The number of hydrogen-bond donors (Lipinski definition) is 0. The second-order valence-electron chi connectivity index (χ2n) is 4.56. The van der Waals surface area contributed by atoms with Gasteiger partial charge in [0.05, 0.1) is 11.6 Å². The van der Waals surface area contributed by atoms with Crippen LogP contribution in [-0.2, 0) is 6.54 Å². The minimum Gasteiger partial charge on any atom is -0.370 e. The molecule has 0 aliphatic carbocycles. The number of anilines is 1. The first-order valence-corrected chi connectivity index (χ1v) is 6.07. The Morgan fingerprint density at radius 1 is 1.21 bits per heavy atom. The molecule has 96 valence electrons. The molecule has 19 heavy (non-hydrogen) atoms. The van der Waals surface area contributed by atoms with Gasteiger partial charge in [-0.1, -0.05) is 24.3 Å². The molecule has 2 aromatic rings. The Kier molecular flexibility index (Phi) is 3.82. The Balaban J connectivity index is 2.22. The van der Waals surface area contributed by atoms with Crippen LogP contribution in [-0.4, -0.2) is 7.05 Å². The van der Waals surface area contributed by atoms with Crippen molar-refractivity contribution in [2.24, 2.45) is 0 Å². The van der Waals surface area contributed by atoms with E-state index in [4.69, 9.17) is 5.26 Å². The molecule has 0 amide bonds. The van der Waals surface area contributed by atoms with Gasteiger partial charge in [-0.05, 0) is 30.7 Å². The third-order valence-electron chi connectivity index (χ3n) is 3.12. The van der Waals surface area contributed by atoms with Crippen LogP contribution in [0, 0.1) is 24.1 Å². The first kappa shape index (κ1) is 13.1. The number of nitrogens with zero attached hydrogens (tertiary/aromatic N) is 2. The summed E-state index contributed by atoms with van der Waals surface area (Å²) in [5.41, 5.74) is 3.16. The molecule has 0 spiro atoms. The Morgan fingerprint density at radius 2 is 1.95 bits per heavy atom. The molecule has 0 aliphatic rings. The Morgan fingerprint density at radius 3 is 2.58 bits per heavy atom. The number of hydrogen-bond acceptors (Lipinski definition) is 2. The van der Waals surface area contributed by atoms with Gasteiger partial charge in [-0.15, -0.1) is 0 Å². The van der Waals surface area contributed by atoms with Crippen LogP contribution in [0.2, 0.25) is 0 Å². The number of aryl methyl sites for hydroxylation is 1. The van der Waals surface area contributed by atoms with Crippen molar-refractivity contribution in [2.75, 3.05) is 11.9 Å². The molecule has 0 aliphatic heterocycles. The fourth-order valence-corrected chi connectivity index (χ4v) is 2.08. The quantitative estimate of drug-likeness (QED) is 0.836. The molecule has 3 heteroatoms. The Labute approximate surface area is 112 Å². The van der Waals surface area contributed by atoms with Crippen LogP contribution in [0.15, 0.2) is 42.5 Å². The maximum absolute atomic E-state index is 13.8. The predicted molar refractivity (Wildman–Crippen MR) is 74.4 cm³/mol. The fourth-order valence-electron chi connectivity index (χ4n) is 2.08. The molecule has 0 unspecified atom stereocenters. The lowest BCUT2D eigenvalue weighted by molar-refractivity contribution is 0.607. The first-order valence-electron chi connectivity index (χ1n) is 6.07. The second-order valence-corrected chi connectivity index (χ2v) is 4.56. The number of nitriles is 1. The number of rotatable bonds is 3. The molecule has 0 bridgehead atoms. The zero-order chi connectivity index (χ0) is 13.8. The summed E-state index contributed by atoms with van der Waals surface area (Å²) in [7, 11) is 1.93. The van der Waals surface area contributed by atoms with E-state index < -0.39 is 0 Å². The summed E-state index contributed by atoms with van der Waals surface area (Å²) in [5.74, 6) is -0.334. The summed E-state index contributed by atoms with van der Waals surface area (Å²) in [5, 5.41) is 8.72. The van der Waals surface area contributed by atoms with Crippen molar-refractivity contribution in [3.8, 4) is 6.07 Å². The average Bonchev–Trinajstić information content (AvgIpc) is 2.41. The van der Waals surface area contributed by atoms with Gasteiger partial charge in [0.1, 0.15) is 5.82 Å². The highest BCUT2D eigenvalue weighted by Crippen LogP contribution is 2.21. The highest BCUT2D eigenvalue weighted by atomic mass is 19.1. The van der Waals surface area contributed by atoms with Crippen LogP contribution in [0.5, 0.6) is 0 Å². The van der Waals surface area contributed by atoms with Gasteiger partial charge in [0.2, 0.25) is 0 Å². The zero-order valence-electron chi connectivity index (χ0n) is 11.0. The molecule has 0 saturated heterocycles. The normalized spacial score (nSPS) is 10.0. The average molecular weight is 254 g/mol. The molecule has 2 aromatic carbocycles. The highest BCUT2D eigenvalue weighted by molar-refractivity contribution is 5.52. The van der Waals surface area contributed by atoms with E-state index in [1.54, 1.807) is 12.1 Å². The van der Waals surface area contributed by atoms with Crippen LogP contribution in [0.1, 0.15) is 16.7 Å². The standard InChI is InChI=1S/C16H15FN2/c1-12-5-3-4-6-16(12)19(2)11-14-8-7-13(10-18)9-15(14)17/h3-9H,11H2,1-2H3. The van der Waals surface area contributed by atoms with E-state index in [0.29, 0.717) is 17.7 Å². The molecule has 0 radical (unpaired) electrons. The van der Waals surface area contributed by atoms with E-state index in [1.807, 2.05) is 49.2 Å². The lowest BCUT2D eigenvalue weighted by Gasteiger charge is -2.21. The molecule has 0 saturated carbocycles. The predicted octanol–water partition coefficient (Wildman–Crippen LogP) is 3.64. The van der Waals surface area contributed by atoms with E-state index in [1.165, 1.54) is 6.07 Å². The minimum atomic E-state index is -0.334. The van der Waals surface area contributed by atoms with Crippen molar-refractivity contribution in [2.45, 2.75) is 13.5 Å². The summed E-state index contributed by atoms with van der Waals surface area (Å²) < 4.78 is 13.8. The highest BCUT2D eigenvalue weighted by Gasteiger charge is 2.09. The third-order valence-corrected chi connectivity index (χ3v) is 3.12. The van der Waals surface area contributed by atoms with Crippen molar-refractivity contribution in [1.29, 1.82) is 5.26 Å². The summed E-state index contributed by atoms with van der Waals surface area (Å²) in [6.07, 6.45) is 0. The molecule has 0 fully saturated rings. The van der Waals surface area contributed by atoms with E-state index in [2.05, 4.69) is 0 Å². The molecule has 0 heterocycles. The number of halogens is 1. The lowest BCUT2D eigenvalue weighted by Crippen LogP contribution is -2.18. The van der Waals surface area contributed by atoms with Crippen LogP contribution in [0.4, 0.5) is 10.1 Å². The van der Waals surface area contributed by atoms with Crippen molar-refractivity contribution >= 4 is 5.69 Å². The van der Waals surface area contributed by atoms with Crippen molar-refractivity contribution in [3.05, 3.63) is 65.0 Å². The van der Waals surface area contributed by atoms with Crippen LogP contribution in [0.3, 0.4) is 0 Å². The molecule has 0 atom stereocenters. The van der Waals surface area contributed by atoms with E-state index >= 15 is 0 Å². The Hall–Kier alpha value is -2.34. The molecule has 0 N–H and O–H groups in total. The summed E-state index contributed by atoms with van der Waals surface area (Å²) in [6.45, 7) is 2.50. The van der Waals surface area contributed by atoms with Gasteiger partial charge in [0.25, 0.3) is 0 Å². The van der Waals surface area contributed by atoms with Gasteiger partial charge in [0, 0.05) is 24.8 Å². The first-order chi connectivity index (χ1) is 9.11. The lowest BCUT2D eigenvalue weighted by atomic mass is 10.1. The van der Waals surface area contributed by atoms with Gasteiger partial charge in [-0.3, -0.25) is 0 Å². The van der Waals surface area contributed by atoms with Crippen LogP contribution < -0.4 is 4.90 Å². The summed E-state index contributed by atoms with van der Waals surface area (Å²) >= 11 is 0. The zero-order valence-corrected chi connectivity index (χ0v) is 11.0. The minimum absolute atomic E-state index is 0.334. The van der Waals surface area contributed by atoms with Crippen LogP contribution >= 0.6 is 0 Å². The summed E-state index contributed by atoms with van der Waals surface area (Å²) in [6, 6.07) is 14.5. The SMILES string of the molecule is Cc1ccccc1N(C)Cc1ccc(C#N)cc1F. The van der Waals surface area contributed by atoms with Crippen molar-refractivity contribution < 1.29 is 4.39 Å². The molecule has 2 nitrogen and oxygen atoms in total. The Bertz CT molecular complexity index is 629. The molecular weight excluding hydrogens is 239 g/mol. The maximum Gasteiger partial charge on any atom is 0.129 e. The van der Waals surface area contributed by atoms with Gasteiger partial charge in [-0.2, -0.15) is 5.26 Å². The van der Waals surface area contributed by atoms with E-state index in [-0.39, 0.29) is 5.82 Å². The van der Waals surface area contributed by atoms with Crippen molar-refractivity contribution in [3.63, 3.8) is 0 Å². The third kappa shape index (κ3) is 2.92. The van der Waals surface area contributed by atoms with Crippen molar-refractivity contribution in [1.82, 2.24) is 0 Å². The number of para-hydroxylation sites is 1. The fraction of sp³-hybridized carbons (Fsp3) is 0.188.